The van der Waals surface area contributed by atoms with E-state index in [1.54, 1.807) is 13.8 Å². The van der Waals surface area contributed by atoms with Crippen molar-refractivity contribution in [2.75, 3.05) is 19.8 Å². The number of hydrogen-bond acceptors (Lipinski definition) is 4. The van der Waals surface area contributed by atoms with Crippen LogP contribution < -0.4 is 5.32 Å². The van der Waals surface area contributed by atoms with Gasteiger partial charge in [-0.25, -0.2) is 4.79 Å². The zero-order chi connectivity index (χ0) is 18.4. The molecule has 0 atom stereocenters. The van der Waals surface area contributed by atoms with Crippen molar-refractivity contribution in [1.29, 1.82) is 0 Å². The van der Waals surface area contributed by atoms with Crippen LogP contribution in [-0.2, 0) is 9.47 Å². The van der Waals surface area contributed by atoms with Crippen molar-refractivity contribution >= 4 is 6.09 Å². The van der Waals surface area contributed by atoms with E-state index in [4.69, 9.17) is 9.47 Å². The van der Waals surface area contributed by atoms with E-state index in [-0.39, 0.29) is 25.7 Å². The molecule has 2 aromatic carbocycles. The second kappa shape index (κ2) is 6.11. The van der Waals surface area contributed by atoms with Gasteiger partial charge in [-0.1, -0.05) is 48.5 Å². The summed E-state index contributed by atoms with van der Waals surface area (Å²) in [6.45, 7) is 4.23. The Kier molecular flexibility index (Phi) is 4.01. The van der Waals surface area contributed by atoms with Crippen molar-refractivity contribution in [1.82, 2.24) is 5.32 Å². The molecule has 0 bridgehead atoms. The maximum absolute atomic E-state index is 12.3. The third kappa shape index (κ3) is 2.68. The summed E-state index contributed by atoms with van der Waals surface area (Å²) in [5, 5.41) is 13.2. The van der Waals surface area contributed by atoms with E-state index in [1.165, 1.54) is 22.3 Å². The fourth-order valence-corrected chi connectivity index (χ4v) is 3.66. The van der Waals surface area contributed by atoms with Gasteiger partial charge in [0.2, 0.25) is 0 Å². The number of carbonyl (C=O) groups is 1. The van der Waals surface area contributed by atoms with E-state index in [0.29, 0.717) is 0 Å². The standard InChI is InChI=1S/C21H23NO4/c1-20(2,21(24)12-25-13-21)22-19(23)26-11-18-16-9-5-3-7-14(16)15-8-4-6-10-17(15)18/h3-10,18,24H,11-13H2,1-2H3,(H,22,23). The van der Waals surface area contributed by atoms with E-state index >= 15 is 0 Å². The molecule has 0 spiro atoms. The quantitative estimate of drug-likeness (QED) is 0.886. The molecule has 1 amide bonds. The lowest BCUT2D eigenvalue weighted by Crippen LogP contribution is -2.69. The summed E-state index contributed by atoms with van der Waals surface area (Å²) < 4.78 is 10.6. The van der Waals surface area contributed by atoms with E-state index < -0.39 is 17.2 Å². The monoisotopic (exact) mass is 353 g/mol. The SMILES string of the molecule is CC(C)(NC(=O)OCC1c2ccccc2-c2ccccc21)C1(O)COC1. The van der Waals surface area contributed by atoms with Crippen molar-refractivity contribution in [3.8, 4) is 11.1 Å². The largest absolute Gasteiger partial charge is 0.449 e. The minimum absolute atomic E-state index is 0.0198. The zero-order valence-electron chi connectivity index (χ0n) is 15.0. The number of ether oxygens (including phenoxy) is 2. The lowest BCUT2D eigenvalue weighted by Gasteiger charge is -2.48. The molecule has 1 fully saturated rings. The van der Waals surface area contributed by atoms with E-state index in [9.17, 15) is 9.90 Å². The summed E-state index contributed by atoms with van der Waals surface area (Å²) >= 11 is 0. The lowest BCUT2D eigenvalue weighted by molar-refractivity contribution is -0.212. The number of rotatable bonds is 4. The van der Waals surface area contributed by atoms with Crippen LogP contribution in [-0.4, -0.2) is 42.2 Å². The highest BCUT2D eigenvalue weighted by Crippen LogP contribution is 2.44. The Morgan fingerprint density at radius 3 is 2.19 bits per heavy atom. The van der Waals surface area contributed by atoms with Crippen molar-refractivity contribution < 1.29 is 19.4 Å². The molecule has 1 aliphatic heterocycles. The van der Waals surface area contributed by atoms with Gasteiger partial charge < -0.3 is 19.9 Å². The summed E-state index contributed by atoms with van der Waals surface area (Å²) in [6, 6.07) is 16.4. The fraction of sp³-hybridized carbons (Fsp3) is 0.381. The van der Waals surface area contributed by atoms with Gasteiger partial charge in [0.05, 0.1) is 18.8 Å². The summed E-state index contributed by atoms with van der Waals surface area (Å²) in [5.41, 5.74) is 2.85. The molecule has 0 unspecified atom stereocenters. The molecule has 0 saturated carbocycles. The Bertz CT molecular complexity index is 796. The van der Waals surface area contributed by atoms with Crippen molar-refractivity contribution in [2.24, 2.45) is 0 Å². The normalized spacial score (nSPS) is 17.8. The van der Waals surface area contributed by atoms with Gasteiger partial charge in [-0.05, 0) is 36.1 Å². The lowest BCUT2D eigenvalue weighted by atomic mass is 9.81. The van der Waals surface area contributed by atoms with Crippen LogP contribution in [0, 0.1) is 0 Å². The molecule has 5 nitrogen and oxygen atoms in total. The second-order valence-electron chi connectivity index (χ2n) is 7.60. The van der Waals surface area contributed by atoms with Gasteiger partial charge in [-0.15, -0.1) is 0 Å². The number of nitrogens with one attached hydrogen (secondary N) is 1. The molecule has 136 valence electrons. The first kappa shape index (κ1) is 17.1. The predicted octanol–water partition coefficient (Wildman–Crippen LogP) is 3.07. The number of amides is 1. The van der Waals surface area contributed by atoms with Crippen LogP contribution in [0.25, 0.3) is 11.1 Å². The third-order valence-electron chi connectivity index (χ3n) is 5.60. The minimum atomic E-state index is -1.06. The Labute approximate surface area is 152 Å². The van der Waals surface area contributed by atoms with E-state index in [0.717, 1.165) is 0 Å². The molecule has 0 aromatic heterocycles. The van der Waals surface area contributed by atoms with Crippen molar-refractivity contribution in [3.63, 3.8) is 0 Å². The number of carbonyl (C=O) groups excluding carboxylic acids is 1. The van der Waals surface area contributed by atoms with E-state index in [2.05, 4.69) is 29.6 Å². The van der Waals surface area contributed by atoms with Crippen molar-refractivity contribution in [2.45, 2.75) is 30.9 Å². The molecule has 1 heterocycles. The first-order valence-electron chi connectivity index (χ1n) is 8.85. The first-order chi connectivity index (χ1) is 12.4. The molecule has 2 aliphatic rings. The third-order valence-corrected chi connectivity index (χ3v) is 5.60. The highest BCUT2D eigenvalue weighted by atomic mass is 16.6. The molecule has 0 radical (unpaired) electrons. The molecule has 1 aliphatic carbocycles. The van der Waals surface area contributed by atoms with Gasteiger partial charge in [0, 0.05) is 5.92 Å². The molecular formula is C21H23NO4. The maximum Gasteiger partial charge on any atom is 0.407 e. The van der Waals surface area contributed by atoms with Crippen LogP contribution in [0.2, 0.25) is 0 Å². The molecule has 4 rings (SSSR count). The fourth-order valence-electron chi connectivity index (χ4n) is 3.66. The van der Waals surface area contributed by atoms with Crippen LogP contribution >= 0.6 is 0 Å². The van der Waals surface area contributed by atoms with Crippen LogP contribution in [0.1, 0.15) is 30.9 Å². The number of benzene rings is 2. The zero-order valence-corrected chi connectivity index (χ0v) is 15.0. The molecule has 2 aromatic rings. The predicted molar refractivity (Wildman–Crippen MR) is 98.1 cm³/mol. The van der Waals surface area contributed by atoms with Gasteiger partial charge in [-0.3, -0.25) is 0 Å². The van der Waals surface area contributed by atoms with Crippen LogP contribution in [0.4, 0.5) is 4.79 Å². The summed E-state index contributed by atoms with van der Waals surface area (Å²) in [6.07, 6.45) is -0.530. The molecular weight excluding hydrogens is 330 g/mol. The van der Waals surface area contributed by atoms with Gasteiger partial charge >= 0.3 is 6.09 Å². The van der Waals surface area contributed by atoms with Gasteiger partial charge in [0.1, 0.15) is 12.2 Å². The minimum Gasteiger partial charge on any atom is -0.449 e. The summed E-state index contributed by atoms with van der Waals surface area (Å²) in [5.74, 6) is 0.0198. The molecule has 1 saturated heterocycles. The Morgan fingerprint density at radius 2 is 1.69 bits per heavy atom. The Hall–Kier alpha value is -2.37. The van der Waals surface area contributed by atoms with Gasteiger partial charge in [-0.2, -0.15) is 0 Å². The number of hydrogen-bond donors (Lipinski definition) is 2. The van der Waals surface area contributed by atoms with Crippen LogP contribution in [0.15, 0.2) is 48.5 Å². The summed E-state index contributed by atoms with van der Waals surface area (Å²) in [4.78, 5) is 12.3. The Balaban J connectivity index is 1.47. The Morgan fingerprint density at radius 1 is 1.15 bits per heavy atom. The number of fused-ring (bicyclic) bond motifs is 3. The first-order valence-corrected chi connectivity index (χ1v) is 8.85. The number of aliphatic hydroxyl groups is 1. The topological polar surface area (TPSA) is 67.8 Å². The second-order valence-corrected chi connectivity index (χ2v) is 7.60. The van der Waals surface area contributed by atoms with Crippen LogP contribution in [0.3, 0.4) is 0 Å². The average Bonchev–Trinajstić information content (AvgIpc) is 2.91. The number of alkyl carbamates (subject to hydrolysis) is 1. The average molecular weight is 353 g/mol. The van der Waals surface area contributed by atoms with Gasteiger partial charge in [0.15, 0.2) is 0 Å². The smallest absolute Gasteiger partial charge is 0.407 e. The van der Waals surface area contributed by atoms with Crippen molar-refractivity contribution in [3.05, 3.63) is 59.7 Å². The van der Waals surface area contributed by atoms with Crippen LogP contribution in [0.5, 0.6) is 0 Å². The summed E-state index contributed by atoms with van der Waals surface area (Å²) in [7, 11) is 0. The highest BCUT2D eigenvalue weighted by molar-refractivity contribution is 5.79. The maximum atomic E-state index is 12.3. The van der Waals surface area contributed by atoms with Gasteiger partial charge in [0.25, 0.3) is 0 Å². The highest BCUT2D eigenvalue weighted by Gasteiger charge is 2.50. The molecule has 5 heteroatoms. The molecule has 26 heavy (non-hydrogen) atoms. The molecule has 2 N–H and O–H groups in total. The van der Waals surface area contributed by atoms with E-state index in [1.807, 2.05) is 24.3 Å².